The number of fused-ring (bicyclic) bond motifs is 15. The maximum Gasteiger partial charge on any atom is 0.336 e. The van der Waals surface area contributed by atoms with Crippen LogP contribution in [0.3, 0.4) is 0 Å². The summed E-state index contributed by atoms with van der Waals surface area (Å²) in [4.78, 5) is 57.9. The summed E-state index contributed by atoms with van der Waals surface area (Å²) in [7, 11) is 11.2. The number of aromatic carboxylic acids is 1. The van der Waals surface area contributed by atoms with E-state index >= 15 is 0 Å². The summed E-state index contributed by atoms with van der Waals surface area (Å²) >= 11 is 0. The van der Waals surface area contributed by atoms with Crippen molar-refractivity contribution in [3.8, 4) is 22.5 Å². The lowest BCUT2D eigenvalue weighted by Gasteiger charge is -2.50. The first-order valence-corrected chi connectivity index (χ1v) is 25.4. The molecule has 1 aliphatic carbocycles. The van der Waals surface area contributed by atoms with Crippen LogP contribution in [0.25, 0.3) is 77.0 Å². The molecule has 1 saturated heterocycles. The van der Waals surface area contributed by atoms with Crippen molar-refractivity contribution in [2.24, 2.45) is 0 Å². The second kappa shape index (κ2) is 18.6. The van der Waals surface area contributed by atoms with E-state index in [9.17, 15) is 24.3 Å². The molecule has 4 aliphatic heterocycles. The van der Waals surface area contributed by atoms with Crippen molar-refractivity contribution in [1.82, 2.24) is 29.2 Å². The van der Waals surface area contributed by atoms with Gasteiger partial charge in [0.05, 0.1) is 65.1 Å². The average molecular weight is 1030 g/mol. The Bertz CT molecular complexity index is 3960. The number of para-hydroxylation sites is 2. The van der Waals surface area contributed by atoms with E-state index in [1.54, 1.807) is 31.2 Å². The number of nitrogens with one attached hydrogen (secondary N) is 2. The molecule has 12 rings (SSSR count). The first kappa shape index (κ1) is 48.8. The molecule has 3 amide bonds. The molecule has 4 atom stereocenters. The van der Waals surface area contributed by atoms with Crippen molar-refractivity contribution >= 4 is 84.0 Å². The van der Waals surface area contributed by atoms with Gasteiger partial charge in [0.15, 0.2) is 5.72 Å². The van der Waals surface area contributed by atoms with Gasteiger partial charge in [-0.25, -0.2) is 9.37 Å². The third-order valence-corrected chi connectivity index (χ3v) is 15.7. The number of methoxy groups -OCH3 is 1. The molecule has 76 heavy (non-hydrogen) atoms. The van der Waals surface area contributed by atoms with Crippen LogP contribution in [-0.2, 0) is 36.0 Å². The number of hydrogen-bond acceptors (Lipinski definition) is 10. The largest absolute Gasteiger partial charge is 0.478 e. The molecule has 1 fully saturated rings. The molecule has 7 aromatic rings. The molecule has 2 aromatic heterocycles. The van der Waals surface area contributed by atoms with Gasteiger partial charge in [-0.2, -0.15) is 0 Å². The predicted octanol–water partition coefficient (Wildman–Crippen LogP) is 7.37. The Balaban J connectivity index is 0.714. The second-order valence-electron chi connectivity index (χ2n) is 20.4. The van der Waals surface area contributed by atoms with Crippen molar-refractivity contribution in [3.63, 3.8) is 0 Å². The van der Waals surface area contributed by atoms with Crippen LogP contribution in [0.2, 0.25) is 0 Å². The first-order chi connectivity index (χ1) is 36.7. The SMILES string of the molecule is CO[C@@H]1[C@H](N(C)C(=O)COCCOCCNC(=O)c2ccc(-c3c4ccc(=[N+](C)C)cc-4oc4cc(N(C)C)ccc34)c(C(=O)O)c2)C[C@H]2O[C@]1(C)n1c3ccccc3c3c4c(c5c6ccccc6n2c5c31)C(=O)NC4. The van der Waals surface area contributed by atoms with Gasteiger partial charge >= 0.3 is 5.97 Å². The predicted molar refractivity (Wildman–Crippen MR) is 290 cm³/mol. The highest BCUT2D eigenvalue weighted by Crippen LogP contribution is 2.54. The standard InChI is InChI=1S/C59H57N7O10/c1-59-55(72-7)44(29-48(76-59)65-42-14-10-8-12-36(42)51-52-41(30-61-57(52)69)50-37-13-9-11-15-43(37)66(59)54(50)53(51)65)64(6)47(67)31-74-25-24-73-23-22-60-56(68)32-16-19-35(40(26-32)58(70)71)49-38-20-17-33(62(2)3)27-45(38)75-46-28-34(63(4)5)18-21-39(46)49/h8-21,26-28,44,48,55H,22-25,29-31H2,1-7H3,(H2-,60,61,68,69,70,71)/p+1/t44-,48-,55-,59+/m1/s1. The zero-order valence-electron chi connectivity index (χ0n) is 43.4. The highest BCUT2D eigenvalue weighted by Gasteiger charge is 2.55. The quantitative estimate of drug-likeness (QED) is 0.0562. The Kier molecular flexibility index (Phi) is 12.0. The van der Waals surface area contributed by atoms with Crippen molar-refractivity contribution in [3.05, 3.63) is 131 Å². The van der Waals surface area contributed by atoms with Crippen molar-refractivity contribution in [2.45, 2.75) is 44.0 Å². The lowest BCUT2D eigenvalue weighted by atomic mass is 9.89. The van der Waals surface area contributed by atoms with E-state index in [4.69, 9.17) is 23.4 Å². The minimum atomic E-state index is -1.17. The molecule has 17 heteroatoms. The Labute approximate surface area is 436 Å². The van der Waals surface area contributed by atoms with Crippen LogP contribution in [-0.4, -0.2) is 130 Å². The highest BCUT2D eigenvalue weighted by molar-refractivity contribution is 6.31. The van der Waals surface area contributed by atoms with Crippen molar-refractivity contribution in [2.75, 3.05) is 80.2 Å². The summed E-state index contributed by atoms with van der Waals surface area (Å²) in [5.41, 5.74) is 7.89. The number of carboxylic acid groups (broad SMARTS) is 1. The number of hydrogen-bond donors (Lipinski definition) is 3. The number of amides is 3. The summed E-state index contributed by atoms with van der Waals surface area (Å²) < 4.78 is 38.2. The first-order valence-electron chi connectivity index (χ1n) is 25.4. The molecular formula is C59H58N7O10+. The Morgan fingerprint density at radius 3 is 2.33 bits per heavy atom. The van der Waals surface area contributed by atoms with Gasteiger partial charge in [-0.3, -0.25) is 14.4 Å². The van der Waals surface area contributed by atoms with Crippen LogP contribution >= 0.6 is 0 Å². The van der Waals surface area contributed by atoms with Gasteiger partial charge in [-0.1, -0.05) is 42.5 Å². The van der Waals surface area contributed by atoms with Crippen LogP contribution in [0.5, 0.6) is 0 Å². The van der Waals surface area contributed by atoms with E-state index in [2.05, 4.69) is 44.0 Å². The van der Waals surface area contributed by atoms with Crippen LogP contribution in [0.4, 0.5) is 5.69 Å². The fourth-order valence-corrected chi connectivity index (χ4v) is 12.2. The highest BCUT2D eigenvalue weighted by atomic mass is 16.6. The summed E-state index contributed by atoms with van der Waals surface area (Å²) in [6.07, 6.45) is -0.738. The smallest absolute Gasteiger partial charge is 0.336 e. The molecule has 5 aromatic carbocycles. The van der Waals surface area contributed by atoms with Crippen molar-refractivity contribution < 1.29 is 47.6 Å². The number of likely N-dealkylation sites (N-methyl/N-ethyl adjacent to an activating group) is 1. The number of carboxylic acids is 1. The van der Waals surface area contributed by atoms with E-state index in [0.29, 0.717) is 41.0 Å². The molecule has 6 heterocycles. The van der Waals surface area contributed by atoms with E-state index in [-0.39, 0.29) is 55.9 Å². The second-order valence-corrected chi connectivity index (χ2v) is 20.4. The number of carbonyl (C=O) groups excluding carboxylic acids is 3. The van der Waals surface area contributed by atoms with E-state index in [1.165, 1.54) is 6.07 Å². The monoisotopic (exact) mass is 1020 g/mol. The Morgan fingerprint density at radius 2 is 1.58 bits per heavy atom. The van der Waals surface area contributed by atoms with Gasteiger partial charge in [-0.05, 0) is 60.5 Å². The number of rotatable bonds is 14. The Morgan fingerprint density at radius 1 is 0.842 bits per heavy atom. The van der Waals surface area contributed by atoms with Gasteiger partial charge in [0.1, 0.15) is 44.4 Å². The third kappa shape index (κ3) is 7.54. The number of anilines is 1. The lowest BCUT2D eigenvalue weighted by Crippen LogP contribution is -2.61. The number of ether oxygens (including phenoxy) is 4. The minimum Gasteiger partial charge on any atom is -0.478 e. The zero-order chi connectivity index (χ0) is 52.9. The minimum absolute atomic E-state index is 0.0255. The van der Waals surface area contributed by atoms with Crippen LogP contribution in [0, 0.1) is 0 Å². The third-order valence-electron chi connectivity index (χ3n) is 15.7. The normalized spacial score (nSPS) is 18.7. The fraction of sp³-hybridized carbons (Fsp3) is 0.305. The van der Waals surface area contributed by atoms with Gasteiger partial charge in [0.2, 0.25) is 11.3 Å². The maximum atomic E-state index is 14.1. The number of aromatic nitrogens is 2. The molecule has 0 unspecified atom stereocenters. The summed E-state index contributed by atoms with van der Waals surface area (Å²) in [5, 5.41) is 22.0. The molecular weight excluding hydrogens is 967 g/mol. The molecule has 0 spiro atoms. The van der Waals surface area contributed by atoms with Gasteiger partial charge in [0.25, 0.3) is 11.8 Å². The molecule has 0 saturated carbocycles. The number of carbonyl (C=O) groups is 4. The van der Waals surface area contributed by atoms with Crippen LogP contribution in [0.15, 0.2) is 108 Å². The number of benzene rings is 6. The van der Waals surface area contributed by atoms with Crippen molar-refractivity contribution in [1.29, 1.82) is 0 Å². The molecule has 388 valence electrons. The molecule has 17 nitrogen and oxygen atoms in total. The summed E-state index contributed by atoms with van der Waals surface area (Å²) in [5.74, 6) is -1.37. The number of nitrogens with zero attached hydrogens (tertiary/aromatic N) is 5. The molecule has 3 N–H and O–H groups in total. The van der Waals surface area contributed by atoms with Gasteiger partial charge in [-0.15, -0.1) is 0 Å². The topological polar surface area (TPSA) is 182 Å². The average Bonchev–Trinajstić information content (AvgIpc) is 4.20. The van der Waals surface area contributed by atoms with Crippen LogP contribution in [0.1, 0.15) is 56.2 Å². The summed E-state index contributed by atoms with van der Waals surface area (Å²) in [6, 6.07) is 32.2. The fourth-order valence-electron chi connectivity index (χ4n) is 12.2. The van der Waals surface area contributed by atoms with Gasteiger partial charge < -0.3 is 58.0 Å². The molecule has 5 aliphatic rings. The van der Waals surface area contributed by atoms with Gasteiger partial charge in [0, 0.05) is 109 Å². The van der Waals surface area contributed by atoms with E-state index in [0.717, 1.165) is 71.2 Å². The molecule has 0 radical (unpaired) electrons. The lowest BCUT2D eigenvalue weighted by molar-refractivity contribution is -0.266. The van der Waals surface area contributed by atoms with E-state index < -0.39 is 36.0 Å². The van der Waals surface area contributed by atoms with Crippen LogP contribution < -0.4 is 25.5 Å². The Hall–Kier alpha value is -8.09. The van der Waals surface area contributed by atoms with E-state index in [1.807, 2.05) is 105 Å². The molecule has 2 bridgehead atoms. The maximum absolute atomic E-state index is 14.1. The summed E-state index contributed by atoms with van der Waals surface area (Å²) in [6.45, 7) is 2.82. The zero-order valence-corrected chi connectivity index (χ0v) is 43.4.